The number of aryl methyl sites for hydroxylation is 1. The minimum absolute atomic E-state index is 0.0343. The summed E-state index contributed by atoms with van der Waals surface area (Å²) in [6, 6.07) is 5.29. The Kier molecular flexibility index (Phi) is 5.48. The van der Waals surface area contributed by atoms with E-state index in [0.717, 1.165) is 12.3 Å². The Labute approximate surface area is 146 Å². The van der Waals surface area contributed by atoms with Crippen LogP contribution in [0.5, 0.6) is 0 Å². The second-order valence-corrected chi connectivity index (χ2v) is 5.52. The third-order valence-electron chi connectivity index (χ3n) is 3.09. The van der Waals surface area contributed by atoms with Crippen molar-refractivity contribution in [1.82, 2.24) is 4.98 Å². The van der Waals surface area contributed by atoms with Crippen molar-refractivity contribution in [3.63, 3.8) is 0 Å². The molecule has 0 atom stereocenters. The van der Waals surface area contributed by atoms with Crippen molar-refractivity contribution in [3.8, 4) is 0 Å². The van der Waals surface area contributed by atoms with Gasteiger partial charge in [-0.05, 0) is 13.0 Å². The highest BCUT2D eigenvalue weighted by atomic mass is 35.5. The number of nitrogens with zero attached hydrogens (tertiary/aromatic N) is 2. The number of ether oxygens (including phenoxy) is 1. The summed E-state index contributed by atoms with van der Waals surface area (Å²) in [6.07, 6.45) is 1.16. The first-order chi connectivity index (χ1) is 11.3. The standard InChI is InChI=1S/C15H10Cl2N2O5/c1-8-2-3-9(5-12(8)19(22)23)13(20)7-24-15(21)10-4-11(16)14(17)18-6-10/h2-6H,7H2,1H3. The van der Waals surface area contributed by atoms with E-state index < -0.39 is 23.3 Å². The van der Waals surface area contributed by atoms with E-state index in [1.807, 2.05) is 0 Å². The molecule has 2 aromatic rings. The molecule has 0 aliphatic heterocycles. The number of halogens is 2. The normalized spacial score (nSPS) is 10.3. The molecule has 9 heteroatoms. The molecule has 0 spiro atoms. The largest absolute Gasteiger partial charge is 0.454 e. The fraction of sp³-hybridized carbons (Fsp3) is 0.133. The molecule has 1 heterocycles. The van der Waals surface area contributed by atoms with Crippen molar-refractivity contribution in [3.05, 3.63) is 67.4 Å². The molecular weight excluding hydrogens is 359 g/mol. The predicted octanol–water partition coefficient (Wildman–Crippen LogP) is 3.64. The number of nitro groups is 1. The van der Waals surface area contributed by atoms with E-state index in [1.54, 1.807) is 6.92 Å². The number of esters is 1. The monoisotopic (exact) mass is 368 g/mol. The first-order valence-corrected chi connectivity index (χ1v) is 7.31. The number of benzene rings is 1. The maximum atomic E-state index is 12.0. The highest BCUT2D eigenvalue weighted by Crippen LogP contribution is 2.21. The molecule has 0 N–H and O–H groups in total. The van der Waals surface area contributed by atoms with Gasteiger partial charge in [0.1, 0.15) is 5.15 Å². The lowest BCUT2D eigenvalue weighted by Crippen LogP contribution is -2.14. The van der Waals surface area contributed by atoms with Crippen LogP contribution in [0.2, 0.25) is 10.2 Å². The van der Waals surface area contributed by atoms with Crippen LogP contribution < -0.4 is 0 Å². The average Bonchev–Trinajstić information content (AvgIpc) is 2.55. The third kappa shape index (κ3) is 4.06. The topological polar surface area (TPSA) is 99.4 Å². The second-order valence-electron chi connectivity index (χ2n) is 4.75. The van der Waals surface area contributed by atoms with Gasteiger partial charge in [-0.2, -0.15) is 0 Å². The molecule has 0 aliphatic carbocycles. The number of carbonyl (C=O) groups is 2. The zero-order chi connectivity index (χ0) is 17.9. The van der Waals surface area contributed by atoms with Crippen LogP contribution in [0.3, 0.4) is 0 Å². The average molecular weight is 369 g/mol. The minimum atomic E-state index is -0.809. The van der Waals surface area contributed by atoms with Crippen LogP contribution >= 0.6 is 23.2 Å². The van der Waals surface area contributed by atoms with Crippen LogP contribution in [0.4, 0.5) is 5.69 Å². The number of hydrogen-bond acceptors (Lipinski definition) is 6. The number of aromatic nitrogens is 1. The van der Waals surface area contributed by atoms with Crippen LogP contribution in [0.25, 0.3) is 0 Å². The van der Waals surface area contributed by atoms with Gasteiger partial charge in [0.2, 0.25) is 5.78 Å². The van der Waals surface area contributed by atoms with Gasteiger partial charge in [0.15, 0.2) is 6.61 Å². The predicted molar refractivity (Wildman–Crippen MR) is 86.7 cm³/mol. The van der Waals surface area contributed by atoms with Crippen molar-refractivity contribution in [1.29, 1.82) is 0 Å². The van der Waals surface area contributed by atoms with E-state index in [0.29, 0.717) is 5.56 Å². The van der Waals surface area contributed by atoms with Gasteiger partial charge in [-0.1, -0.05) is 35.3 Å². The molecule has 0 aliphatic rings. The summed E-state index contributed by atoms with van der Waals surface area (Å²) >= 11 is 11.4. The summed E-state index contributed by atoms with van der Waals surface area (Å²) in [7, 11) is 0. The summed E-state index contributed by atoms with van der Waals surface area (Å²) in [5.41, 5.74) is 0.357. The molecule has 0 saturated carbocycles. The van der Waals surface area contributed by atoms with Crippen LogP contribution in [0.15, 0.2) is 30.5 Å². The zero-order valence-electron chi connectivity index (χ0n) is 12.3. The molecule has 7 nitrogen and oxygen atoms in total. The summed E-state index contributed by atoms with van der Waals surface area (Å²) < 4.78 is 4.87. The number of hydrogen-bond donors (Lipinski definition) is 0. The fourth-order valence-electron chi connectivity index (χ4n) is 1.81. The lowest BCUT2D eigenvalue weighted by molar-refractivity contribution is -0.385. The molecule has 2 rings (SSSR count). The quantitative estimate of drug-likeness (QED) is 0.262. The van der Waals surface area contributed by atoms with Crippen molar-refractivity contribution in [2.45, 2.75) is 6.92 Å². The van der Waals surface area contributed by atoms with Crippen LogP contribution in [-0.2, 0) is 4.74 Å². The first-order valence-electron chi connectivity index (χ1n) is 6.56. The molecule has 24 heavy (non-hydrogen) atoms. The lowest BCUT2D eigenvalue weighted by Gasteiger charge is -2.06. The molecule has 1 aromatic heterocycles. The van der Waals surface area contributed by atoms with Gasteiger partial charge >= 0.3 is 5.97 Å². The number of pyridine rings is 1. The van der Waals surface area contributed by atoms with E-state index in [2.05, 4.69) is 4.98 Å². The first kappa shape index (κ1) is 17.8. The van der Waals surface area contributed by atoms with E-state index >= 15 is 0 Å². The minimum Gasteiger partial charge on any atom is -0.454 e. The van der Waals surface area contributed by atoms with Crippen LogP contribution in [-0.4, -0.2) is 28.3 Å². The molecule has 124 valence electrons. The van der Waals surface area contributed by atoms with Crippen molar-refractivity contribution in [2.24, 2.45) is 0 Å². The number of ketones is 1. The molecule has 0 bridgehead atoms. The Bertz CT molecular complexity index is 839. The Balaban J connectivity index is 2.07. The SMILES string of the molecule is Cc1ccc(C(=O)COC(=O)c2cnc(Cl)c(Cl)c2)cc1[N+](=O)[O-]. The molecule has 0 unspecified atom stereocenters. The van der Waals surface area contributed by atoms with E-state index in [4.69, 9.17) is 27.9 Å². The van der Waals surface area contributed by atoms with Crippen molar-refractivity contribution >= 4 is 40.6 Å². The second kappa shape index (κ2) is 7.37. The van der Waals surface area contributed by atoms with Gasteiger partial charge in [-0.3, -0.25) is 14.9 Å². The third-order valence-corrected chi connectivity index (χ3v) is 3.78. The van der Waals surface area contributed by atoms with Crippen molar-refractivity contribution < 1.29 is 19.2 Å². The number of nitro benzene ring substituents is 1. The Morgan fingerprint density at radius 1 is 1.25 bits per heavy atom. The van der Waals surface area contributed by atoms with E-state index in [1.165, 1.54) is 18.2 Å². The smallest absolute Gasteiger partial charge is 0.340 e. The molecule has 0 saturated heterocycles. The zero-order valence-corrected chi connectivity index (χ0v) is 13.8. The van der Waals surface area contributed by atoms with Crippen LogP contribution in [0.1, 0.15) is 26.3 Å². The van der Waals surface area contributed by atoms with Crippen molar-refractivity contribution in [2.75, 3.05) is 6.61 Å². The van der Waals surface area contributed by atoms with Gasteiger partial charge in [-0.15, -0.1) is 0 Å². The van der Waals surface area contributed by atoms with Gasteiger partial charge < -0.3 is 4.74 Å². The molecule has 0 amide bonds. The van der Waals surface area contributed by atoms with E-state index in [-0.39, 0.29) is 27.0 Å². The van der Waals surface area contributed by atoms with Gasteiger partial charge in [-0.25, -0.2) is 9.78 Å². The summed E-state index contributed by atoms with van der Waals surface area (Å²) in [6.45, 7) is 0.989. The molecular formula is C15H10Cl2N2O5. The highest BCUT2D eigenvalue weighted by molar-refractivity contribution is 6.41. The number of Topliss-reactive ketones (excluding diaryl/α,β-unsaturated/α-hetero) is 1. The fourth-order valence-corrected chi connectivity index (χ4v) is 2.08. The van der Waals surface area contributed by atoms with E-state index in [9.17, 15) is 19.7 Å². The molecule has 1 aromatic carbocycles. The molecule has 0 radical (unpaired) electrons. The number of rotatable bonds is 5. The summed E-state index contributed by atoms with van der Waals surface area (Å²) in [5.74, 6) is -1.38. The Morgan fingerprint density at radius 2 is 1.96 bits per heavy atom. The summed E-state index contributed by atoms with van der Waals surface area (Å²) in [4.78, 5) is 37.9. The van der Waals surface area contributed by atoms with Gasteiger partial charge in [0, 0.05) is 23.4 Å². The lowest BCUT2D eigenvalue weighted by atomic mass is 10.1. The number of carbonyl (C=O) groups excluding carboxylic acids is 2. The maximum absolute atomic E-state index is 12.0. The highest BCUT2D eigenvalue weighted by Gasteiger charge is 2.17. The van der Waals surface area contributed by atoms with Gasteiger partial charge in [0.05, 0.1) is 15.5 Å². The molecule has 0 fully saturated rings. The summed E-state index contributed by atoms with van der Waals surface area (Å²) in [5, 5.41) is 11.0. The maximum Gasteiger partial charge on any atom is 0.340 e. The van der Waals surface area contributed by atoms with Crippen LogP contribution in [0, 0.1) is 17.0 Å². The Hall–Kier alpha value is -2.51. The Morgan fingerprint density at radius 3 is 2.58 bits per heavy atom. The van der Waals surface area contributed by atoms with Gasteiger partial charge in [0.25, 0.3) is 5.69 Å².